The van der Waals surface area contributed by atoms with Crippen LogP contribution >= 0.6 is 0 Å². The van der Waals surface area contributed by atoms with Crippen molar-refractivity contribution in [3.05, 3.63) is 30.1 Å². The lowest BCUT2D eigenvalue weighted by Crippen LogP contribution is -2.13. The molecule has 1 saturated heterocycles. The van der Waals surface area contributed by atoms with Crippen LogP contribution in [0.5, 0.6) is 0 Å². The molecular formula is C10H11N3. The zero-order chi connectivity index (χ0) is 9.10. The molecule has 2 atom stereocenters. The zero-order valence-electron chi connectivity index (χ0n) is 7.27. The fraction of sp³-hybridized carbons (Fsp3) is 0.400. The standard InChI is InChI=1S/C10H11N3/c11-5-8-4-10(13-6-8)9-2-1-3-12-7-9/h1-3,7-8,10,13H,4,6H2. The highest BCUT2D eigenvalue weighted by Crippen LogP contribution is 2.25. The molecule has 1 N–H and O–H groups in total. The van der Waals surface area contributed by atoms with Crippen molar-refractivity contribution in [3.63, 3.8) is 0 Å². The molecule has 0 spiro atoms. The molecule has 2 heterocycles. The summed E-state index contributed by atoms with van der Waals surface area (Å²) in [5.74, 6) is 0.158. The van der Waals surface area contributed by atoms with Crippen LogP contribution in [0.3, 0.4) is 0 Å². The molecule has 13 heavy (non-hydrogen) atoms. The minimum atomic E-state index is 0.158. The molecule has 0 radical (unpaired) electrons. The van der Waals surface area contributed by atoms with E-state index < -0.39 is 0 Å². The summed E-state index contributed by atoms with van der Waals surface area (Å²) in [6, 6.07) is 6.57. The van der Waals surface area contributed by atoms with Crippen molar-refractivity contribution >= 4 is 0 Å². The summed E-state index contributed by atoms with van der Waals surface area (Å²) >= 11 is 0. The summed E-state index contributed by atoms with van der Waals surface area (Å²) in [5, 5.41) is 12.0. The summed E-state index contributed by atoms with van der Waals surface area (Å²) in [6.45, 7) is 0.802. The predicted octanol–water partition coefficient (Wildman–Crippen LogP) is 1.26. The van der Waals surface area contributed by atoms with Crippen LogP contribution in [-0.4, -0.2) is 11.5 Å². The zero-order valence-corrected chi connectivity index (χ0v) is 7.27. The monoisotopic (exact) mass is 173 g/mol. The van der Waals surface area contributed by atoms with E-state index >= 15 is 0 Å². The van der Waals surface area contributed by atoms with Crippen molar-refractivity contribution in [2.75, 3.05) is 6.54 Å². The molecule has 0 bridgehead atoms. The van der Waals surface area contributed by atoms with Gasteiger partial charge >= 0.3 is 0 Å². The third kappa shape index (κ3) is 1.68. The Bertz CT molecular complexity index is 315. The van der Waals surface area contributed by atoms with Gasteiger partial charge in [-0.2, -0.15) is 5.26 Å². The van der Waals surface area contributed by atoms with Gasteiger partial charge in [0.05, 0.1) is 12.0 Å². The molecule has 1 aliphatic rings. The van der Waals surface area contributed by atoms with Gasteiger partial charge in [0.1, 0.15) is 0 Å². The second-order valence-corrected chi connectivity index (χ2v) is 3.31. The van der Waals surface area contributed by atoms with Gasteiger partial charge in [0.2, 0.25) is 0 Å². The summed E-state index contributed by atoms with van der Waals surface area (Å²) in [6.07, 6.45) is 4.53. The van der Waals surface area contributed by atoms with E-state index in [0.29, 0.717) is 6.04 Å². The molecule has 3 nitrogen and oxygen atoms in total. The summed E-state index contributed by atoms with van der Waals surface area (Å²) in [4.78, 5) is 4.06. The quantitative estimate of drug-likeness (QED) is 0.695. The van der Waals surface area contributed by atoms with Crippen molar-refractivity contribution < 1.29 is 0 Å². The summed E-state index contributed by atoms with van der Waals surface area (Å²) in [7, 11) is 0. The fourth-order valence-corrected chi connectivity index (χ4v) is 1.67. The molecule has 3 heteroatoms. The number of rotatable bonds is 1. The first-order chi connectivity index (χ1) is 6.40. The highest BCUT2D eigenvalue weighted by molar-refractivity contribution is 5.16. The van der Waals surface area contributed by atoms with Crippen LogP contribution in [0, 0.1) is 17.2 Å². The van der Waals surface area contributed by atoms with Crippen LogP contribution in [0.25, 0.3) is 0 Å². The van der Waals surface area contributed by atoms with Gasteiger partial charge < -0.3 is 5.32 Å². The SMILES string of the molecule is N#CC1CNC(c2cccnc2)C1. The summed E-state index contributed by atoms with van der Waals surface area (Å²) in [5.41, 5.74) is 1.18. The number of nitrogens with zero attached hydrogens (tertiary/aromatic N) is 2. The Morgan fingerprint density at radius 3 is 3.15 bits per heavy atom. The molecule has 0 aliphatic carbocycles. The Kier molecular flexibility index (Phi) is 2.24. The molecule has 1 aliphatic heterocycles. The molecule has 0 amide bonds. The largest absolute Gasteiger partial charge is 0.309 e. The number of hydrogen-bond acceptors (Lipinski definition) is 3. The van der Waals surface area contributed by atoms with Gasteiger partial charge in [-0.1, -0.05) is 6.07 Å². The number of nitrogens with one attached hydrogen (secondary N) is 1. The Hall–Kier alpha value is -1.40. The van der Waals surface area contributed by atoms with Crippen molar-refractivity contribution in [2.24, 2.45) is 5.92 Å². The second kappa shape index (κ2) is 3.55. The first-order valence-corrected chi connectivity index (χ1v) is 4.43. The van der Waals surface area contributed by atoms with Crippen LogP contribution in [0.4, 0.5) is 0 Å². The average molecular weight is 173 g/mol. The molecule has 66 valence electrons. The molecule has 1 aromatic heterocycles. The topological polar surface area (TPSA) is 48.7 Å². The molecule has 0 aromatic carbocycles. The lowest BCUT2D eigenvalue weighted by atomic mass is 10.0. The third-order valence-corrected chi connectivity index (χ3v) is 2.40. The highest BCUT2D eigenvalue weighted by Gasteiger charge is 2.24. The minimum absolute atomic E-state index is 0.158. The van der Waals surface area contributed by atoms with Gasteiger partial charge in [0.15, 0.2) is 0 Å². The predicted molar refractivity (Wildman–Crippen MR) is 48.7 cm³/mol. The molecule has 2 unspecified atom stereocenters. The Labute approximate surface area is 77.4 Å². The maximum Gasteiger partial charge on any atom is 0.0669 e. The number of pyridine rings is 1. The van der Waals surface area contributed by atoms with Gasteiger partial charge in [-0.3, -0.25) is 4.98 Å². The first-order valence-electron chi connectivity index (χ1n) is 4.43. The van der Waals surface area contributed by atoms with Crippen molar-refractivity contribution in [1.29, 1.82) is 5.26 Å². The van der Waals surface area contributed by atoms with Gasteiger partial charge in [0.25, 0.3) is 0 Å². The van der Waals surface area contributed by atoms with E-state index in [-0.39, 0.29) is 5.92 Å². The smallest absolute Gasteiger partial charge is 0.0669 e. The number of nitriles is 1. The van der Waals surface area contributed by atoms with E-state index in [9.17, 15) is 0 Å². The van der Waals surface area contributed by atoms with E-state index in [1.54, 1.807) is 6.20 Å². The third-order valence-electron chi connectivity index (χ3n) is 2.40. The molecule has 0 saturated carbocycles. The van der Waals surface area contributed by atoms with Crippen molar-refractivity contribution in [2.45, 2.75) is 12.5 Å². The van der Waals surface area contributed by atoms with Crippen LogP contribution in [-0.2, 0) is 0 Å². The average Bonchev–Trinajstić information content (AvgIpc) is 2.67. The fourth-order valence-electron chi connectivity index (χ4n) is 1.67. The van der Waals surface area contributed by atoms with Gasteiger partial charge in [-0.25, -0.2) is 0 Å². The van der Waals surface area contributed by atoms with E-state index in [2.05, 4.69) is 16.4 Å². The maximum atomic E-state index is 8.73. The second-order valence-electron chi connectivity index (χ2n) is 3.31. The maximum absolute atomic E-state index is 8.73. The van der Waals surface area contributed by atoms with E-state index in [0.717, 1.165) is 13.0 Å². The Morgan fingerprint density at radius 1 is 1.62 bits per heavy atom. The van der Waals surface area contributed by atoms with E-state index in [1.807, 2.05) is 18.3 Å². The Balaban J connectivity index is 2.09. The number of aromatic nitrogens is 1. The lowest BCUT2D eigenvalue weighted by molar-refractivity contribution is 0.636. The normalized spacial score (nSPS) is 27.0. The Morgan fingerprint density at radius 2 is 2.54 bits per heavy atom. The van der Waals surface area contributed by atoms with Crippen LogP contribution < -0.4 is 5.32 Å². The molecule has 1 aromatic rings. The van der Waals surface area contributed by atoms with Crippen molar-refractivity contribution in [1.82, 2.24) is 10.3 Å². The van der Waals surface area contributed by atoms with Crippen LogP contribution in [0.15, 0.2) is 24.5 Å². The summed E-state index contributed by atoms with van der Waals surface area (Å²) < 4.78 is 0. The van der Waals surface area contributed by atoms with E-state index in [4.69, 9.17) is 5.26 Å². The van der Waals surface area contributed by atoms with Gasteiger partial charge in [-0.15, -0.1) is 0 Å². The molecular weight excluding hydrogens is 162 g/mol. The lowest BCUT2D eigenvalue weighted by Gasteiger charge is -2.08. The first kappa shape index (κ1) is 8.21. The van der Waals surface area contributed by atoms with Gasteiger partial charge in [0, 0.05) is 25.0 Å². The highest BCUT2D eigenvalue weighted by atomic mass is 14.9. The van der Waals surface area contributed by atoms with Crippen molar-refractivity contribution in [3.8, 4) is 6.07 Å². The van der Waals surface area contributed by atoms with Crippen LogP contribution in [0.2, 0.25) is 0 Å². The minimum Gasteiger partial charge on any atom is -0.309 e. The number of hydrogen-bond donors (Lipinski definition) is 1. The van der Waals surface area contributed by atoms with Crippen LogP contribution in [0.1, 0.15) is 18.0 Å². The molecule has 1 fully saturated rings. The van der Waals surface area contributed by atoms with Gasteiger partial charge in [-0.05, 0) is 18.1 Å². The van der Waals surface area contributed by atoms with E-state index in [1.165, 1.54) is 5.56 Å². The molecule has 2 rings (SSSR count).